The zero-order valence-electron chi connectivity index (χ0n) is 15.2. The number of amides is 2. The molecular formula is C19H19F2N5O2. The quantitative estimate of drug-likeness (QED) is 0.679. The Morgan fingerprint density at radius 1 is 1.00 bits per heavy atom. The molecule has 0 saturated heterocycles. The zero-order valence-corrected chi connectivity index (χ0v) is 15.2. The maximum atomic E-state index is 13.1. The third kappa shape index (κ3) is 4.61. The van der Waals surface area contributed by atoms with Crippen LogP contribution in [0.3, 0.4) is 0 Å². The maximum Gasteiger partial charge on any atom is 0.345 e. The number of urea groups is 1. The zero-order chi connectivity index (χ0) is 20.1. The number of nitrogens with one attached hydrogen (secondary N) is 2. The van der Waals surface area contributed by atoms with Crippen LogP contribution in [0.2, 0.25) is 0 Å². The molecule has 9 heteroatoms. The van der Waals surface area contributed by atoms with Crippen LogP contribution >= 0.6 is 0 Å². The van der Waals surface area contributed by atoms with Gasteiger partial charge in [0, 0.05) is 25.7 Å². The van der Waals surface area contributed by atoms with Crippen molar-refractivity contribution in [1.82, 2.24) is 25.0 Å². The molecule has 2 amide bonds. The molecule has 146 valence electrons. The molecule has 28 heavy (non-hydrogen) atoms. The molecule has 0 radical (unpaired) electrons. The summed E-state index contributed by atoms with van der Waals surface area (Å²) in [5.74, 6) is -0.302. The average molecular weight is 387 g/mol. The minimum Gasteiger partial charge on any atom is -0.336 e. The van der Waals surface area contributed by atoms with E-state index in [0.717, 1.165) is 5.56 Å². The van der Waals surface area contributed by atoms with E-state index in [4.69, 9.17) is 0 Å². The Balaban J connectivity index is 1.54. The van der Waals surface area contributed by atoms with Crippen molar-refractivity contribution in [2.45, 2.75) is 13.1 Å². The molecule has 1 aromatic heterocycles. The van der Waals surface area contributed by atoms with Crippen molar-refractivity contribution in [2.24, 2.45) is 7.05 Å². The van der Waals surface area contributed by atoms with Crippen LogP contribution in [0.4, 0.5) is 13.6 Å². The van der Waals surface area contributed by atoms with E-state index in [9.17, 15) is 18.4 Å². The SMILES string of the molecule is Cn1c(-c2ccc(F)cc2)nn(CCNC(=O)NCc2ccc(F)cc2)c1=O. The van der Waals surface area contributed by atoms with Gasteiger partial charge in [-0.15, -0.1) is 5.10 Å². The predicted octanol–water partition coefficient (Wildman–Crippen LogP) is 2.03. The van der Waals surface area contributed by atoms with Crippen LogP contribution < -0.4 is 16.3 Å². The van der Waals surface area contributed by atoms with Crippen molar-refractivity contribution in [1.29, 1.82) is 0 Å². The van der Waals surface area contributed by atoms with E-state index < -0.39 is 6.03 Å². The van der Waals surface area contributed by atoms with E-state index in [1.54, 1.807) is 31.3 Å². The van der Waals surface area contributed by atoms with E-state index >= 15 is 0 Å². The minimum absolute atomic E-state index is 0.178. The van der Waals surface area contributed by atoms with Gasteiger partial charge in [0.15, 0.2) is 5.82 Å². The van der Waals surface area contributed by atoms with E-state index in [-0.39, 0.29) is 37.0 Å². The lowest BCUT2D eigenvalue weighted by atomic mass is 10.2. The molecule has 3 aromatic rings. The molecule has 0 saturated carbocycles. The number of carbonyl (C=O) groups is 1. The summed E-state index contributed by atoms with van der Waals surface area (Å²) < 4.78 is 28.5. The Hall–Kier alpha value is -3.49. The molecular weight excluding hydrogens is 368 g/mol. The summed E-state index contributed by atoms with van der Waals surface area (Å²) in [7, 11) is 1.58. The third-order valence-corrected chi connectivity index (χ3v) is 4.12. The third-order valence-electron chi connectivity index (χ3n) is 4.12. The number of hydrogen-bond acceptors (Lipinski definition) is 3. The standard InChI is InChI=1S/C19H19F2N5O2/c1-25-17(14-4-8-16(21)9-5-14)24-26(19(25)28)11-10-22-18(27)23-12-13-2-6-15(20)7-3-13/h2-9H,10-12H2,1H3,(H2,22,23,27). The number of nitrogens with zero attached hydrogens (tertiary/aromatic N) is 3. The van der Waals surface area contributed by atoms with Gasteiger partial charge in [0.05, 0.1) is 6.54 Å². The van der Waals surface area contributed by atoms with E-state index in [1.807, 2.05) is 0 Å². The van der Waals surface area contributed by atoms with Crippen LogP contribution in [0.25, 0.3) is 11.4 Å². The largest absolute Gasteiger partial charge is 0.345 e. The fourth-order valence-electron chi connectivity index (χ4n) is 2.61. The predicted molar refractivity (Wildman–Crippen MR) is 99.5 cm³/mol. The molecule has 0 aliphatic rings. The Morgan fingerprint density at radius 3 is 2.25 bits per heavy atom. The molecule has 2 aromatic carbocycles. The number of carbonyl (C=O) groups excluding carboxylic acids is 1. The van der Waals surface area contributed by atoms with Gasteiger partial charge >= 0.3 is 11.7 Å². The highest BCUT2D eigenvalue weighted by Gasteiger charge is 2.12. The summed E-state index contributed by atoms with van der Waals surface area (Å²) in [6, 6.07) is 11.1. The number of halogens is 2. The van der Waals surface area contributed by atoms with Crippen LogP contribution in [-0.2, 0) is 20.1 Å². The highest BCUT2D eigenvalue weighted by molar-refractivity contribution is 5.73. The van der Waals surface area contributed by atoms with Gasteiger partial charge in [-0.25, -0.2) is 23.1 Å². The Labute approximate surface area is 159 Å². The topological polar surface area (TPSA) is 81.0 Å². The summed E-state index contributed by atoms with van der Waals surface area (Å²) in [4.78, 5) is 24.1. The Bertz CT molecular complexity index is 1010. The molecule has 3 rings (SSSR count). The molecule has 0 fully saturated rings. The maximum absolute atomic E-state index is 13.1. The van der Waals surface area contributed by atoms with Gasteiger partial charge in [-0.2, -0.15) is 0 Å². The highest BCUT2D eigenvalue weighted by Crippen LogP contribution is 2.15. The smallest absolute Gasteiger partial charge is 0.336 e. The van der Waals surface area contributed by atoms with Gasteiger partial charge in [0.25, 0.3) is 0 Å². The molecule has 2 N–H and O–H groups in total. The molecule has 0 atom stereocenters. The van der Waals surface area contributed by atoms with Crippen LogP contribution in [0.5, 0.6) is 0 Å². The van der Waals surface area contributed by atoms with Crippen molar-refractivity contribution >= 4 is 6.03 Å². The lowest BCUT2D eigenvalue weighted by Gasteiger charge is -2.07. The fourth-order valence-corrected chi connectivity index (χ4v) is 2.61. The second-order valence-corrected chi connectivity index (χ2v) is 6.13. The number of aromatic nitrogens is 3. The highest BCUT2D eigenvalue weighted by atomic mass is 19.1. The average Bonchev–Trinajstić information content (AvgIpc) is 2.97. The lowest BCUT2D eigenvalue weighted by molar-refractivity contribution is 0.240. The van der Waals surface area contributed by atoms with E-state index in [1.165, 1.54) is 33.5 Å². The van der Waals surface area contributed by atoms with Gasteiger partial charge in [-0.3, -0.25) is 4.57 Å². The monoisotopic (exact) mass is 387 g/mol. The molecule has 0 unspecified atom stereocenters. The summed E-state index contributed by atoms with van der Waals surface area (Å²) >= 11 is 0. The van der Waals surface area contributed by atoms with Gasteiger partial charge in [0.2, 0.25) is 0 Å². The molecule has 0 aliphatic heterocycles. The molecule has 7 nitrogen and oxygen atoms in total. The summed E-state index contributed by atoms with van der Waals surface area (Å²) in [5, 5.41) is 9.52. The molecule has 0 aliphatic carbocycles. The van der Waals surface area contributed by atoms with E-state index in [2.05, 4.69) is 15.7 Å². The first-order chi connectivity index (χ1) is 13.4. The summed E-state index contributed by atoms with van der Waals surface area (Å²) in [6.07, 6.45) is 0. The Kier molecular flexibility index (Phi) is 5.83. The van der Waals surface area contributed by atoms with Crippen LogP contribution in [-0.4, -0.2) is 26.9 Å². The van der Waals surface area contributed by atoms with Crippen molar-refractivity contribution in [3.05, 3.63) is 76.2 Å². The van der Waals surface area contributed by atoms with Crippen molar-refractivity contribution in [2.75, 3.05) is 6.54 Å². The van der Waals surface area contributed by atoms with Crippen LogP contribution in [0, 0.1) is 11.6 Å². The number of benzene rings is 2. The number of hydrogen-bond donors (Lipinski definition) is 2. The molecule has 0 bridgehead atoms. The molecule has 0 spiro atoms. The second-order valence-electron chi connectivity index (χ2n) is 6.13. The second kappa shape index (κ2) is 8.47. The van der Waals surface area contributed by atoms with Crippen LogP contribution in [0.1, 0.15) is 5.56 Å². The van der Waals surface area contributed by atoms with Crippen molar-refractivity contribution in [3.63, 3.8) is 0 Å². The fraction of sp³-hybridized carbons (Fsp3) is 0.211. The van der Waals surface area contributed by atoms with Gasteiger partial charge in [0.1, 0.15) is 11.6 Å². The van der Waals surface area contributed by atoms with Crippen molar-refractivity contribution in [3.8, 4) is 11.4 Å². The first-order valence-corrected chi connectivity index (χ1v) is 8.60. The van der Waals surface area contributed by atoms with Gasteiger partial charge < -0.3 is 10.6 Å². The van der Waals surface area contributed by atoms with Gasteiger partial charge in [-0.1, -0.05) is 12.1 Å². The van der Waals surface area contributed by atoms with Gasteiger partial charge in [-0.05, 0) is 42.0 Å². The Morgan fingerprint density at radius 2 is 1.61 bits per heavy atom. The van der Waals surface area contributed by atoms with E-state index in [0.29, 0.717) is 11.4 Å². The summed E-state index contributed by atoms with van der Waals surface area (Å²) in [5.41, 5.74) is 1.04. The first-order valence-electron chi connectivity index (χ1n) is 8.60. The minimum atomic E-state index is -0.410. The first kappa shape index (κ1) is 19.3. The number of rotatable bonds is 6. The summed E-state index contributed by atoms with van der Waals surface area (Å²) in [6.45, 7) is 0.622. The normalized spacial score (nSPS) is 10.7. The molecule has 1 heterocycles. The van der Waals surface area contributed by atoms with Crippen LogP contribution in [0.15, 0.2) is 53.3 Å². The van der Waals surface area contributed by atoms with Crippen molar-refractivity contribution < 1.29 is 13.6 Å². The lowest BCUT2D eigenvalue weighted by Crippen LogP contribution is -2.38.